The van der Waals surface area contributed by atoms with Gasteiger partial charge in [0.15, 0.2) is 0 Å². The Kier molecular flexibility index (Phi) is 3.30. The Labute approximate surface area is 102 Å². The van der Waals surface area contributed by atoms with Crippen LogP contribution in [0.5, 0.6) is 5.88 Å². The fourth-order valence-corrected chi connectivity index (χ4v) is 1.54. The highest BCUT2D eigenvalue weighted by Gasteiger charge is 2.04. The molecule has 0 aliphatic rings. The zero-order chi connectivity index (χ0) is 12.3. The zero-order valence-electron chi connectivity index (χ0n) is 8.77. The molecule has 88 valence electrons. The van der Waals surface area contributed by atoms with Gasteiger partial charge in [0.25, 0.3) is 5.56 Å². The van der Waals surface area contributed by atoms with Crippen LogP contribution in [0.25, 0.3) is 0 Å². The molecule has 0 fully saturated rings. The van der Waals surface area contributed by atoms with Crippen LogP contribution in [0.15, 0.2) is 34.1 Å². The van der Waals surface area contributed by atoms with E-state index in [4.69, 9.17) is 11.6 Å². The number of benzene rings is 1. The van der Waals surface area contributed by atoms with Gasteiger partial charge in [-0.25, -0.2) is 0 Å². The number of aromatic nitrogens is 2. The van der Waals surface area contributed by atoms with Crippen LogP contribution in [0, 0.1) is 0 Å². The second-order valence-corrected chi connectivity index (χ2v) is 3.81. The third-order valence-corrected chi connectivity index (χ3v) is 2.60. The third kappa shape index (κ3) is 2.57. The normalized spacial score (nSPS) is 11.1. The Balaban J connectivity index is 2.14. The van der Waals surface area contributed by atoms with E-state index < -0.39 is 5.56 Å². The molecule has 2 aromatic rings. The number of nitrogens with zero attached hydrogens (tertiary/aromatic N) is 1. The average molecular weight is 252 g/mol. The van der Waals surface area contributed by atoms with Gasteiger partial charge < -0.3 is 5.11 Å². The van der Waals surface area contributed by atoms with Gasteiger partial charge in [0.1, 0.15) is 5.56 Å². The number of aromatic amines is 2. The summed E-state index contributed by atoms with van der Waals surface area (Å²) in [5.74, 6) is -0.224. The quantitative estimate of drug-likeness (QED) is 0.726. The number of rotatable bonds is 3. The second-order valence-electron chi connectivity index (χ2n) is 3.40. The highest BCUT2D eigenvalue weighted by Crippen LogP contribution is 2.15. The van der Waals surface area contributed by atoms with Crippen molar-refractivity contribution in [2.75, 3.05) is 0 Å². The SMILES string of the molecule is O=c1[nH][nH]c(O)c1C=NCc1ccccc1Cl. The van der Waals surface area contributed by atoms with E-state index in [2.05, 4.69) is 15.2 Å². The molecule has 6 heteroatoms. The summed E-state index contributed by atoms with van der Waals surface area (Å²) in [6, 6.07) is 7.31. The standard InChI is InChI=1S/C11H10ClN3O2/c12-9-4-2-1-3-7(9)5-13-6-8-10(16)14-15-11(8)17/h1-4,6H,5H2,(H3,14,15,16,17). The fraction of sp³-hybridized carbons (Fsp3) is 0.0909. The van der Waals surface area contributed by atoms with Crippen LogP contribution in [-0.4, -0.2) is 21.5 Å². The van der Waals surface area contributed by atoms with Crippen LogP contribution in [0.4, 0.5) is 0 Å². The predicted octanol–water partition coefficient (Wildman–Crippen LogP) is 1.68. The predicted molar refractivity (Wildman–Crippen MR) is 65.8 cm³/mol. The van der Waals surface area contributed by atoms with E-state index in [0.29, 0.717) is 11.6 Å². The van der Waals surface area contributed by atoms with Crippen LogP contribution in [0.1, 0.15) is 11.1 Å². The molecule has 2 rings (SSSR count). The smallest absolute Gasteiger partial charge is 0.276 e. The summed E-state index contributed by atoms with van der Waals surface area (Å²) < 4.78 is 0. The molecule has 0 unspecified atom stereocenters. The van der Waals surface area contributed by atoms with E-state index in [-0.39, 0.29) is 11.4 Å². The first-order valence-electron chi connectivity index (χ1n) is 4.91. The first kappa shape index (κ1) is 11.5. The van der Waals surface area contributed by atoms with Crippen molar-refractivity contribution >= 4 is 17.8 Å². The molecule has 0 amide bonds. The van der Waals surface area contributed by atoms with Gasteiger partial charge in [-0.2, -0.15) is 0 Å². The van der Waals surface area contributed by atoms with Gasteiger partial charge in [-0.05, 0) is 11.6 Å². The van der Waals surface area contributed by atoms with Crippen molar-refractivity contribution in [1.82, 2.24) is 10.2 Å². The number of hydrogen-bond acceptors (Lipinski definition) is 3. The number of aliphatic imine (C=N–C) groups is 1. The summed E-state index contributed by atoms with van der Waals surface area (Å²) in [5, 5.41) is 14.4. The lowest BCUT2D eigenvalue weighted by atomic mass is 10.2. The van der Waals surface area contributed by atoms with Gasteiger partial charge in [-0.1, -0.05) is 29.8 Å². The van der Waals surface area contributed by atoms with E-state index in [1.165, 1.54) is 6.21 Å². The Morgan fingerprint density at radius 2 is 2.12 bits per heavy atom. The highest BCUT2D eigenvalue weighted by molar-refractivity contribution is 6.31. The van der Waals surface area contributed by atoms with Gasteiger partial charge >= 0.3 is 0 Å². The maximum absolute atomic E-state index is 11.2. The molecule has 0 atom stereocenters. The van der Waals surface area contributed by atoms with Crippen molar-refractivity contribution < 1.29 is 5.11 Å². The van der Waals surface area contributed by atoms with Crippen molar-refractivity contribution in [3.8, 4) is 5.88 Å². The molecule has 0 saturated heterocycles. The Bertz CT molecular complexity index is 601. The van der Waals surface area contributed by atoms with Crippen molar-refractivity contribution in [3.05, 3.63) is 50.8 Å². The monoisotopic (exact) mass is 251 g/mol. The molecule has 0 saturated carbocycles. The second kappa shape index (κ2) is 4.88. The van der Waals surface area contributed by atoms with Crippen LogP contribution in [0.3, 0.4) is 0 Å². The number of aromatic hydroxyl groups is 1. The van der Waals surface area contributed by atoms with E-state index in [1.54, 1.807) is 6.07 Å². The summed E-state index contributed by atoms with van der Waals surface area (Å²) >= 11 is 5.95. The van der Waals surface area contributed by atoms with Gasteiger partial charge in [0.05, 0.1) is 6.54 Å². The van der Waals surface area contributed by atoms with Crippen LogP contribution in [-0.2, 0) is 6.54 Å². The molecule has 17 heavy (non-hydrogen) atoms. The molecular formula is C11H10ClN3O2. The van der Waals surface area contributed by atoms with Gasteiger partial charge in [-0.15, -0.1) is 0 Å². The lowest BCUT2D eigenvalue weighted by Gasteiger charge is -1.98. The van der Waals surface area contributed by atoms with Crippen LogP contribution in [0.2, 0.25) is 5.02 Å². The first-order valence-corrected chi connectivity index (χ1v) is 5.29. The van der Waals surface area contributed by atoms with Gasteiger partial charge in [-0.3, -0.25) is 20.0 Å². The minimum absolute atomic E-state index is 0.108. The van der Waals surface area contributed by atoms with Crippen molar-refractivity contribution in [3.63, 3.8) is 0 Å². The van der Waals surface area contributed by atoms with Crippen LogP contribution >= 0.6 is 11.6 Å². The lowest BCUT2D eigenvalue weighted by Crippen LogP contribution is -2.04. The first-order chi connectivity index (χ1) is 8.18. The molecule has 5 nitrogen and oxygen atoms in total. The maximum atomic E-state index is 11.2. The number of nitrogens with one attached hydrogen (secondary N) is 2. The lowest BCUT2D eigenvalue weighted by molar-refractivity contribution is 0.451. The van der Waals surface area contributed by atoms with E-state index >= 15 is 0 Å². The summed E-state index contributed by atoms with van der Waals surface area (Å²) in [6.45, 7) is 0.351. The Hall–Kier alpha value is -2.01. The van der Waals surface area contributed by atoms with Gasteiger partial charge in [0, 0.05) is 11.2 Å². The minimum Gasteiger partial charge on any atom is -0.493 e. The molecule has 0 spiro atoms. The summed E-state index contributed by atoms with van der Waals surface area (Å²) in [7, 11) is 0. The molecule has 0 bridgehead atoms. The van der Waals surface area contributed by atoms with Gasteiger partial charge in [0.2, 0.25) is 5.88 Å². The summed E-state index contributed by atoms with van der Waals surface area (Å²) in [6.07, 6.45) is 1.31. The van der Waals surface area contributed by atoms with Crippen LogP contribution < -0.4 is 5.56 Å². The molecule has 1 aromatic carbocycles. The summed E-state index contributed by atoms with van der Waals surface area (Å²) in [5.41, 5.74) is 0.555. The topological polar surface area (TPSA) is 81.2 Å². The molecule has 0 radical (unpaired) electrons. The van der Waals surface area contributed by atoms with Crippen molar-refractivity contribution in [2.24, 2.45) is 4.99 Å². The number of halogens is 1. The summed E-state index contributed by atoms with van der Waals surface area (Å²) in [4.78, 5) is 15.2. The molecule has 3 N–H and O–H groups in total. The molecule has 1 aromatic heterocycles. The molecule has 0 aliphatic carbocycles. The Morgan fingerprint density at radius 3 is 2.76 bits per heavy atom. The molecular weight excluding hydrogens is 242 g/mol. The maximum Gasteiger partial charge on any atom is 0.276 e. The number of hydrogen-bond donors (Lipinski definition) is 3. The third-order valence-electron chi connectivity index (χ3n) is 2.23. The minimum atomic E-state index is -0.412. The van der Waals surface area contributed by atoms with Crippen molar-refractivity contribution in [2.45, 2.75) is 6.54 Å². The zero-order valence-corrected chi connectivity index (χ0v) is 9.53. The molecule has 0 aliphatic heterocycles. The van der Waals surface area contributed by atoms with E-state index in [0.717, 1.165) is 5.56 Å². The highest BCUT2D eigenvalue weighted by atomic mass is 35.5. The van der Waals surface area contributed by atoms with E-state index in [1.807, 2.05) is 18.2 Å². The molecule has 1 heterocycles. The average Bonchev–Trinajstić information content (AvgIpc) is 2.63. The largest absolute Gasteiger partial charge is 0.493 e. The number of H-pyrrole nitrogens is 2. The van der Waals surface area contributed by atoms with Crippen molar-refractivity contribution in [1.29, 1.82) is 0 Å². The van der Waals surface area contributed by atoms with E-state index in [9.17, 15) is 9.90 Å². The Morgan fingerprint density at radius 1 is 1.35 bits per heavy atom. The fourth-order valence-electron chi connectivity index (χ4n) is 1.34.